The highest BCUT2D eigenvalue weighted by molar-refractivity contribution is 9.10. The summed E-state index contributed by atoms with van der Waals surface area (Å²) in [6.45, 7) is -0.260. The van der Waals surface area contributed by atoms with Gasteiger partial charge in [-0.2, -0.15) is 0 Å². The van der Waals surface area contributed by atoms with E-state index < -0.39 is 6.04 Å². The quantitative estimate of drug-likeness (QED) is 0.785. The fourth-order valence-electron chi connectivity index (χ4n) is 1.00. The molecule has 1 aromatic rings. The summed E-state index contributed by atoms with van der Waals surface area (Å²) in [4.78, 5) is 0. The molecule has 0 aromatic heterocycles. The van der Waals surface area contributed by atoms with E-state index in [1.54, 1.807) is 12.1 Å². The van der Waals surface area contributed by atoms with Crippen molar-refractivity contribution in [3.05, 3.63) is 27.2 Å². The van der Waals surface area contributed by atoms with E-state index in [-0.39, 0.29) is 24.8 Å². The Labute approximate surface area is 101 Å². The minimum absolute atomic E-state index is 0. The number of aliphatic hydroxyl groups is 1. The van der Waals surface area contributed by atoms with Crippen LogP contribution in [0.3, 0.4) is 0 Å². The predicted molar refractivity (Wildman–Crippen MR) is 62.1 cm³/mol. The first-order valence-corrected chi connectivity index (χ1v) is 4.78. The zero-order valence-electron chi connectivity index (χ0n) is 7.08. The highest BCUT2D eigenvalue weighted by Gasteiger charge is 2.16. The van der Waals surface area contributed by atoms with E-state index in [1.807, 2.05) is 0 Å². The Morgan fingerprint density at radius 1 is 1.50 bits per heavy atom. The Morgan fingerprint density at radius 2 is 2.07 bits per heavy atom. The van der Waals surface area contributed by atoms with E-state index in [9.17, 15) is 5.11 Å². The maximum atomic E-state index is 9.56. The second-order valence-corrected chi connectivity index (χ2v) is 3.84. The number of halogens is 3. The summed E-state index contributed by atoms with van der Waals surface area (Å²) < 4.78 is 0.510. The van der Waals surface area contributed by atoms with E-state index in [2.05, 4.69) is 15.9 Å². The number of aromatic hydroxyl groups is 1. The maximum Gasteiger partial charge on any atom is 0.136 e. The largest absolute Gasteiger partial charge is 0.506 e. The Kier molecular flexibility index (Phi) is 5.78. The molecule has 4 N–H and O–H groups in total. The lowest BCUT2D eigenvalue weighted by Crippen LogP contribution is -2.15. The van der Waals surface area contributed by atoms with Crippen molar-refractivity contribution in [3.8, 4) is 5.75 Å². The van der Waals surface area contributed by atoms with Gasteiger partial charge >= 0.3 is 0 Å². The molecule has 14 heavy (non-hydrogen) atoms. The van der Waals surface area contributed by atoms with Crippen LogP contribution in [-0.2, 0) is 0 Å². The highest BCUT2D eigenvalue weighted by atomic mass is 79.9. The summed E-state index contributed by atoms with van der Waals surface area (Å²) >= 11 is 8.94. The molecule has 1 aromatic carbocycles. The van der Waals surface area contributed by atoms with Gasteiger partial charge in [0.1, 0.15) is 5.75 Å². The van der Waals surface area contributed by atoms with E-state index in [1.165, 1.54) is 0 Å². The van der Waals surface area contributed by atoms with Crippen molar-refractivity contribution >= 4 is 39.9 Å². The van der Waals surface area contributed by atoms with Crippen LogP contribution in [0, 0.1) is 0 Å². The molecule has 3 nitrogen and oxygen atoms in total. The van der Waals surface area contributed by atoms with Crippen molar-refractivity contribution in [2.24, 2.45) is 5.73 Å². The van der Waals surface area contributed by atoms with Crippen molar-refractivity contribution in [2.75, 3.05) is 6.61 Å². The number of hydrogen-bond donors (Lipinski definition) is 3. The first-order chi connectivity index (χ1) is 6.07. The SMILES string of the molecule is Cl.N[C@H](CO)c1c(Cl)ccc(Br)c1O. The first kappa shape index (κ1) is 14.0. The van der Waals surface area contributed by atoms with E-state index in [0.717, 1.165) is 0 Å². The lowest BCUT2D eigenvalue weighted by molar-refractivity contribution is 0.265. The van der Waals surface area contributed by atoms with Gasteiger partial charge in [0.05, 0.1) is 17.1 Å². The molecular formula is C8H10BrCl2NO2. The van der Waals surface area contributed by atoms with Crippen molar-refractivity contribution in [3.63, 3.8) is 0 Å². The fourth-order valence-corrected chi connectivity index (χ4v) is 1.64. The van der Waals surface area contributed by atoms with Crippen LogP contribution in [0.15, 0.2) is 16.6 Å². The lowest BCUT2D eigenvalue weighted by atomic mass is 10.1. The molecule has 0 saturated heterocycles. The van der Waals surface area contributed by atoms with Crippen LogP contribution in [0.1, 0.15) is 11.6 Å². The third-order valence-electron chi connectivity index (χ3n) is 1.68. The molecule has 0 bridgehead atoms. The van der Waals surface area contributed by atoms with Gasteiger partial charge in [-0.3, -0.25) is 0 Å². The number of aliphatic hydroxyl groups excluding tert-OH is 1. The molecule has 80 valence electrons. The number of hydrogen-bond acceptors (Lipinski definition) is 3. The zero-order chi connectivity index (χ0) is 10.0. The molecule has 1 atom stereocenters. The molecular weight excluding hydrogens is 293 g/mol. The summed E-state index contributed by atoms with van der Waals surface area (Å²) in [7, 11) is 0. The molecule has 0 aliphatic heterocycles. The van der Waals surface area contributed by atoms with Crippen molar-refractivity contribution in [2.45, 2.75) is 6.04 Å². The molecule has 0 spiro atoms. The van der Waals surface area contributed by atoms with Crippen LogP contribution in [0.2, 0.25) is 5.02 Å². The normalized spacial score (nSPS) is 12.0. The van der Waals surface area contributed by atoms with Crippen LogP contribution in [0.25, 0.3) is 0 Å². The van der Waals surface area contributed by atoms with Gasteiger partial charge in [0, 0.05) is 10.6 Å². The molecule has 0 aliphatic carbocycles. The minimum Gasteiger partial charge on any atom is -0.506 e. The Bertz CT molecular complexity index is 322. The predicted octanol–water partition coefficient (Wildman–Crippen LogP) is 2.22. The third-order valence-corrected chi connectivity index (χ3v) is 2.65. The van der Waals surface area contributed by atoms with Gasteiger partial charge in [-0.25, -0.2) is 0 Å². The zero-order valence-corrected chi connectivity index (χ0v) is 10.2. The van der Waals surface area contributed by atoms with Crippen LogP contribution in [0.4, 0.5) is 0 Å². The lowest BCUT2D eigenvalue weighted by Gasteiger charge is -2.13. The van der Waals surface area contributed by atoms with E-state index in [0.29, 0.717) is 15.1 Å². The highest BCUT2D eigenvalue weighted by Crippen LogP contribution is 2.36. The summed E-state index contributed by atoms with van der Waals surface area (Å²) in [6, 6.07) is 2.56. The fraction of sp³-hybridized carbons (Fsp3) is 0.250. The number of rotatable bonds is 2. The number of benzene rings is 1. The van der Waals surface area contributed by atoms with E-state index in [4.69, 9.17) is 22.4 Å². The summed E-state index contributed by atoms with van der Waals surface area (Å²) in [5.74, 6) is -0.0194. The first-order valence-electron chi connectivity index (χ1n) is 3.61. The third kappa shape index (κ3) is 2.74. The molecule has 0 unspecified atom stereocenters. The topological polar surface area (TPSA) is 66.5 Å². The van der Waals surface area contributed by atoms with Crippen LogP contribution in [0.5, 0.6) is 5.75 Å². The van der Waals surface area contributed by atoms with Crippen molar-refractivity contribution < 1.29 is 10.2 Å². The molecule has 0 saturated carbocycles. The van der Waals surface area contributed by atoms with Gasteiger partial charge in [0.25, 0.3) is 0 Å². The molecule has 1 rings (SSSR count). The molecule has 0 fully saturated rings. The van der Waals surface area contributed by atoms with Gasteiger partial charge in [-0.05, 0) is 28.1 Å². The van der Waals surface area contributed by atoms with Crippen molar-refractivity contribution in [1.82, 2.24) is 0 Å². The number of nitrogens with two attached hydrogens (primary N) is 1. The molecule has 0 radical (unpaired) electrons. The smallest absolute Gasteiger partial charge is 0.136 e. The minimum atomic E-state index is -0.662. The summed E-state index contributed by atoms with van der Waals surface area (Å²) in [5.41, 5.74) is 5.91. The van der Waals surface area contributed by atoms with Gasteiger partial charge in [0.15, 0.2) is 0 Å². The van der Waals surface area contributed by atoms with Crippen LogP contribution in [-0.4, -0.2) is 16.8 Å². The molecule has 0 heterocycles. The Morgan fingerprint density at radius 3 is 2.57 bits per heavy atom. The second kappa shape index (κ2) is 5.78. The second-order valence-electron chi connectivity index (χ2n) is 2.58. The van der Waals surface area contributed by atoms with Gasteiger partial charge in [-0.1, -0.05) is 11.6 Å². The summed E-state index contributed by atoms with van der Waals surface area (Å²) in [6.07, 6.45) is 0. The Hall–Kier alpha value is -0.000000000000000111. The number of phenols is 1. The monoisotopic (exact) mass is 301 g/mol. The van der Waals surface area contributed by atoms with Gasteiger partial charge in [-0.15, -0.1) is 12.4 Å². The Balaban J connectivity index is 0.00000169. The molecule has 0 aliphatic rings. The van der Waals surface area contributed by atoms with Crippen LogP contribution < -0.4 is 5.73 Å². The molecule has 0 amide bonds. The van der Waals surface area contributed by atoms with Gasteiger partial charge < -0.3 is 15.9 Å². The van der Waals surface area contributed by atoms with E-state index >= 15 is 0 Å². The van der Waals surface area contributed by atoms with Gasteiger partial charge in [0.2, 0.25) is 0 Å². The van der Waals surface area contributed by atoms with Crippen molar-refractivity contribution in [1.29, 1.82) is 0 Å². The summed E-state index contributed by atoms with van der Waals surface area (Å²) in [5, 5.41) is 18.7. The van der Waals surface area contributed by atoms with Crippen LogP contribution >= 0.6 is 39.9 Å². The maximum absolute atomic E-state index is 9.56. The number of phenolic OH excluding ortho intramolecular Hbond substituents is 1. The average Bonchev–Trinajstić information content (AvgIpc) is 2.12. The molecule has 6 heteroatoms. The standard InChI is InChI=1S/C8H9BrClNO2.ClH/c9-4-1-2-5(10)7(8(4)13)6(11)3-12;/h1-2,6,12-13H,3,11H2;1H/t6-;/m1./s1. The average molecular weight is 303 g/mol.